The van der Waals surface area contributed by atoms with E-state index in [1.54, 1.807) is 3.88 Å². The molecule has 1 rings (SSSR count). The zero-order chi connectivity index (χ0) is 17.1. The Labute approximate surface area is 163 Å². The van der Waals surface area contributed by atoms with Crippen LogP contribution in [-0.2, 0) is 13.3 Å². The molecule has 0 heterocycles. The minimum atomic E-state index is -3.21. The second-order valence-electron chi connectivity index (χ2n) is 10.7. The second-order valence-corrected chi connectivity index (χ2v) is 46.5. The van der Waals surface area contributed by atoms with Crippen LogP contribution in [0.2, 0.25) is 34.0 Å². The Bertz CT molecular complexity index is 454. The van der Waals surface area contributed by atoms with Crippen molar-refractivity contribution < 1.29 is 38.1 Å². The molecule has 0 saturated heterocycles. The number of allylic oxidation sites excluding steroid dienone is 4. The van der Waals surface area contributed by atoms with Crippen molar-refractivity contribution in [1.82, 2.24) is 4.57 Å². The van der Waals surface area contributed by atoms with Crippen molar-refractivity contribution in [3.05, 3.63) is 22.1 Å². The second kappa shape index (κ2) is 8.76. The van der Waals surface area contributed by atoms with E-state index in [1.165, 1.54) is 45.2 Å². The van der Waals surface area contributed by atoms with Gasteiger partial charge in [-0.15, -0.1) is 0 Å². The van der Waals surface area contributed by atoms with E-state index in [-0.39, 0.29) is 24.8 Å². The van der Waals surface area contributed by atoms with Crippen molar-refractivity contribution in [2.75, 3.05) is 13.1 Å². The van der Waals surface area contributed by atoms with Gasteiger partial charge < -0.3 is 24.8 Å². The molecule has 1 aliphatic rings. The van der Waals surface area contributed by atoms with Gasteiger partial charge in [-0.2, -0.15) is 0 Å². The van der Waals surface area contributed by atoms with Crippen LogP contribution >= 0.6 is 0 Å². The van der Waals surface area contributed by atoms with Crippen LogP contribution < -0.4 is 24.8 Å². The molecule has 0 aromatic heterocycles. The van der Waals surface area contributed by atoms with Crippen LogP contribution in [0.3, 0.4) is 0 Å². The summed E-state index contributed by atoms with van der Waals surface area (Å²) in [6, 6.07) is 0. The Morgan fingerprint density at radius 3 is 1.75 bits per heavy atom. The van der Waals surface area contributed by atoms with Crippen LogP contribution in [0.5, 0.6) is 0 Å². The van der Waals surface area contributed by atoms with E-state index in [0.29, 0.717) is 0 Å². The predicted molar refractivity (Wildman–Crippen MR) is 104 cm³/mol. The van der Waals surface area contributed by atoms with E-state index < -0.39 is 19.4 Å². The first-order valence-corrected chi connectivity index (χ1v) is 21.8. The van der Waals surface area contributed by atoms with Crippen molar-refractivity contribution in [2.45, 2.75) is 80.0 Å². The minimum absolute atomic E-state index is 0. The quantitative estimate of drug-likeness (QED) is 0.491. The average molecular weight is 430 g/mol. The molecule has 0 aromatic carbocycles. The Balaban J connectivity index is 0. The molecule has 0 aromatic rings. The first-order chi connectivity index (χ1) is 9.91. The van der Waals surface area contributed by atoms with Crippen LogP contribution in [0.15, 0.2) is 22.1 Å². The summed E-state index contributed by atoms with van der Waals surface area (Å²) in [5.41, 5.74) is 0. The van der Waals surface area contributed by atoms with Crippen LogP contribution in [0.4, 0.5) is 0 Å². The average Bonchev–Trinajstić information content (AvgIpc) is 2.92. The number of hydrogen-bond donors (Lipinski definition) is 0. The monoisotopic (exact) mass is 429 g/mol. The molecule has 144 valence electrons. The van der Waals surface area contributed by atoms with Crippen LogP contribution in [0, 0.1) is 0 Å². The Morgan fingerprint density at radius 2 is 1.42 bits per heavy atom. The summed E-state index contributed by atoms with van der Waals surface area (Å²) >= 11 is -3.21. The maximum absolute atomic E-state index is 3.21. The molecule has 0 spiro atoms. The molecule has 0 unspecified atom stereocenters. The summed E-state index contributed by atoms with van der Waals surface area (Å²) in [6.45, 7) is 12.6. The van der Waals surface area contributed by atoms with Crippen LogP contribution in [0.1, 0.15) is 46.0 Å². The topological polar surface area (TPSA) is 3.24 Å². The number of nitrogens with zero attached hydrogens (tertiary/aromatic N) is 1. The van der Waals surface area contributed by atoms with E-state index in [2.05, 4.69) is 70.6 Å². The van der Waals surface area contributed by atoms with Gasteiger partial charge in [0.15, 0.2) is 0 Å². The molecule has 0 amide bonds. The normalized spacial score (nSPS) is 16.1. The predicted octanol–water partition coefficient (Wildman–Crippen LogP) is 0.860. The van der Waals surface area contributed by atoms with Gasteiger partial charge in [-0.25, -0.2) is 0 Å². The third-order valence-electron chi connectivity index (χ3n) is 7.32. The summed E-state index contributed by atoms with van der Waals surface area (Å²) < 4.78 is 4.78. The van der Waals surface area contributed by atoms with Gasteiger partial charge >= 0.3 is 139 Å². The third kappa shape index (κ3) is 5.02. The fourth-order valence-electron chi connectivity index (χ4n) is 3.75. The van der Waals surface area contributed by atoms with Crippen molar-refractivity contribution in [1.29, 1.82) is 0 Å². The number of halogens is 2. The van der Waals surface area contributed by atoms with Gasteiger partial charge in [0.1, 0.15) is 0 Å². The largest absolute Gasteiger partial charge is 1.00 e. The van der Waals surface area contributed by atoms with E-state index in [0.717, 1.165) is 0 Å². The summed E-state index contributed by atoms with van der Waals surface area (Å²) in [4.78, 5) is 0. The van der Waals surface area contributed by atoms with E-state index in [4.69, 9.17) is 0 Å². The van der Waals surface area contributed by atoms with Crippen molar-refractivity contribution >= 4 is 6.10 Å². The molecule has 1 aliphatic carbocycles. The van der Waals surface area contributed by atoms with Crippen LogP contribution in [0.25, 0.3) is 0 Å². The summed E-state index contributed by atoms with van der Waals surface area (Å²) in [5, 5.41) is 10.9. The molecular weight excluding hydrogens is 389 g/mol. The molecular formula is C19H41Cl2NSiTi. The molecule has 1 nitrogen and oxygen atoms in total. The standard InChI is InChI=1S/C10H24NSi.C5H5.4CH3.2ClH.Ti/c1-5-7-9-11(12(3)4)10-8-6-2;1-2-4-5-3-1;;;;;;;/h5-10H2,1-4H3;1-3H,4H2;4*1H3;2*1H;/q;;;;;;;;+2/p-2. The molecule has 0 fully saturated rings. The van der Waals surface area contributed by atoms with Gasteiger partial charge in [0.05, 0.1) is 0 Å². The van der Waals surface area contributed by atoms with Crippen molar-refractivity contribution in [2.24, 2.45) is 0 Å². The molecule has 0 N–H and O–H groups in total. The molecule has 0 atom stereocenters. The van der Waals surface area contributed by atoms with Gasteiger partial charge in [-0.1, -0.05) is 0 Å². The summed E-state index contributed by atoms with van der Waals surface area (Å²) in [5.74, 6) is 0. The molecule has 24 heavy (non-hydrogen) atoms. The smallest absolute Gasteiger partial charge is 1.00 e. The van der Waals surface area contributed by atoms with E-state index in [1.807, 2.05) is 0 Å². The maximum Gasteiger partial charge on any atom is -1.00 e. The van der Waals surface area contributed by atoms with Crippen LogP contribution in [-0.4, -0.2) is 23.8 Å². The number of rotatable bonds is 9. The maximum atomic E-state index is 2.98. The summed E-state index contributed by atoms with van der Waals surface area (Å²) in [7, 11) is 0. The fraction of sp³-hybridized carbons (Fsp3) is 0.789. The number of hydrogen-bond acceptors (Lipinski definition) is 1. The third-order valence-corrected chi connectivity index (χ3v) is 48.5. The van der Waals surface area contributed by atoms with Crippen molar-refractivity contribution in [3.8, 4) is 0 Å². The number of unbranched alkanes of at least 4 members (excludes halogenated alkanes) is 2. The van der Waals surface area contributed by atoms with Gasteiger partial charge in [0, 0.05) is 0 Å². The van der Waals surface area contributed by atoms with E-state index in [9.17, 15) is 0 Å². The van der Waals surface area contributed by atoms with E-state index >= 15 is 0 Å². The first-order valence-electron chi connectivity index (χ1n) is 9.49. The zero-order valence-corrected chi connectivity index (χ0v) is 21.5. The molecule has 0 saturated carbocycles. The van der Waals surface area contributed by atoms with Gasteiger partial charge in [0.25, 0.3) is 0 Å². The Morgan fingerprint density at radius 1 is 0.958 bits per heavy atom. The van der Waals surface area contributed by atoms with Gasteiger partial charge in [-0.05, 0) is 0 Å². The van der Waals surface area contributed by atoms with Gasteiger partial charge in [0.2, 0.25) is 0 Å². The molecule has 0 aliphatic heterocycles. The molecule has 5 heteroatoms. The minimum Gasteiger partial charge on any atom is -1.00 e. The molecule has 0 radical (unpaired) electrons. The Kier molecular flexibility index (Phi) is 9.92. The van der Waals surface area contributed by atoms with Crippen molar-refractivity contribution in [3.63, 3.8) is 0 Å². The molecule has 0 bridgehead atoms. The van der Waals surface area contributed by atoms with Gasteiger partial charge in [-0.3, -0.25) is 0 Å². The summed E-state index contributed by atoms with van der Waals surface area (Å²) in [6.07, 6.45) is 12.1. The fourth-order valence-corrected chi connectivity index (χ4v) is 22.5. The SMILES string of the molecule is CCCCN(CCCC)[Si](C)(C)[Ti+2]([CH3])([CH3])([CH3])([CH3])[C]1=CC=CC1.[Cl-].[Cl-]. The first kappa shape index (κ1) is 27.2. The Hall–Kier alpha value is 0.951. The zero-order valence-electron chi connectivity index (χ0n) is 17.4.